The Kier molecular flexibility index (Phi) is 5.52. The number of nitrogens with zero attached hydrogens (tertiary/aromatic N) is 4. The minimum atomic E-state index is -4.24. The lowest BCUT2D eigenvalue weighted by molar-refractivity contribution is 0.481. The van der Waals surface area contributed by atoms with Crippen molar-refractivity contribution in [3.05, 3.63) is 84.9 Å². The SMILES string of the molecule is O=S(=O)(O)c1ccc(N=Nc2ccc(N=Nc3ccc(O)c4ccccc34)cc2)cc1. The average molecular weight is 432 g/mol. The summed E-state index contributed by atoms with van der Waals surface area (Å²) in [6.45, 7) is 0. The Labute approximate surface area is 178 Å². The van der Waals surface area contributed by atoms with E-state index in [1.165, 1.54) is 24.3 Å². The molecule has 0 aliphatic carbocycles. The fourth-order valence-corrected chi connectivity index (χ4v) is 3.33. The molecule has 154 valence electrons. The normalized spacial score (nSPS) is 12.2. The highest BCUT2D eigenvalue weighted by Gasteiger charge is 2.08. The summed E-state index contributed by atoms with van der Waals surface area (Å²) in [6.07, 6.45) is 0. The van der Waals surface area contributed by atoms with Crippen molar-refractivity contribution in [2.75, 3.05) is 0 Å². The highest BCUT2D eigenvalue weighted by Crippen LogP contribution is 2.33. The molecule has 0 aliphatic heterocycles. The molecule has 0 bridgehead atoms. The average Bonchev–Trinajstić information content (AvgIpc) is 2.78. The van der Waals surface area contributed by atoms with Gasteiger partial charge in [0.1, 0.15) is 5.75 Å². The maximum absolute atomic E-state index is 11.1. The lowest BCUT2D eigenvalue weighted by Gasteiger charge is -2.03. The first-order valence-electron chi connectivity index (χ1n) is 9.12. The molecule has 31 heavy (non-hydrogen) atoms. The van der Waals surface area contributed by atoms with E-state index in [4.69, 9.17) is 4.55 Å². The lowest BCUT2D eigenvalue weighted by atomic mass is 10.1. The van der Waals surface area contributed by atoms with Crippen LogP contribution >= 0.6 is 0 Å². The van der Waals surface area contributed by atoms with Crippen LogP contribution in [-0.2, 0) is 10.1 Å². The Morgan fingerprint density at radius 2 is 1.06 bits per heavy atom. The summed E-state index contributed by atoms with van der Waals surface area (Å²) in [5, 5.41) is 28.1. The number of phenolic OH excluding ortho intramolecular Hbond substituents is 1. The van der Waals surface area contributed by atoms with E-state index in [9.17, 15) is 13.5 Å². The van der Waals surface area contributed by atoms with Crippen LogP contribution in [0.4, 0.5) is 22.7 Å². The standard InChI is InChI=1S/C22H16N4O4S/c27-22-14-13-21(19-3-1-2-4-20(19)22)26-25-16-7-5-15(6-8-16)23-24-17-9-11-18(12-10-17)31(28,29)30/h1-14,27H,(H,28,29,30). The van der Waals surface area contributed by atoms with Crippen LogP contribution in [0, 0.1) is 0 Å². The molecule has 9 heteroatoms. The second-order valence-corrected chi connectivity index (χ2v) is 7.96. The number of phenols is 1. The van der Waals surface area contributed by atoms with E-state index in [0.29, 0.717) is 28.1 Å². The number of hydrogen-bond acceptors (Lipinski definition) is 7. The molecule has 0 unspecified atom stereocenters. The number of fused-ring (bicyclic) bond motifs is 1. The highest BCUT2D eigenvalue weighted by atomic mass is 32.2. The molecular formula is C22H16N4O4S. The topological polar surface area (TPSA) is 124 Å². The van der Waals surface area contributed by atoms with Crippen molar-refractivity contribution in [2.24, 2.45) is 20.5 Å². The van der Waals surface area contributed by atoms with E-state index in [1.807, 2.05) is 24.3 Å². The summed E-state index contributed by atoms with van der Waals surface area (Å²) in [5.74, 6) is 0.192. The van der Waals surface area contributed by atoms with Gasteiger partial charge in [-0.1, -0.05) is 24.3 Å². The van der Waals surface area contributed by atoms with Crippen LogP contribution in [0.25, 0.3) is 10.8 Å². The molecule has 4 aromatic rings. The maximum Gasteiger partial charge on any atom is 0.294 e. The molecular weight excluding hydrogens is 416 g/mol. The van der Waals surface area contributed by atoms with Crippen molar-refractivity contribution in [2.45, 2.75) is 4.90 Å². The second kappa shape index (κ2) is 8.42. The highest BCUT2D eigenvalue weighted by molar-refractivity contribution is 7.85. The molecule has 0 aromatic heterocycles. The Bertz CT molecular complexity index is 1400. The van der Waals surface area contributed by atoms with Crippen LogP contribution < -0.4 is 0 Å². The third-order valence-corrected chi connectivity index (χ3v) is 5.28. The molecule has 0 spiro atoms. The van der Waals surface area contributed by atoms with Gasteiger partial charge in [-0.05, 0) is 60.7 Å². The third kappa shape index (κ3) is 4.80. The van der Waals surface area contributed by atoms with Crippen molar-refractivity contribution in [3.63, 3.8) is 0 Å². The molecule has 4 aromatic carbocycles. The van der Waals surface area contributed by atoms with E-state index < -0.39 is 10.1 Å². The van der Waals surface area contributed by atoms with Crippen molar-refractivity contribution >= 4 is 43.6 Å². The molecule has 0 atom stereocenters. The Hall–Kier alpha value is -3.95. The second-order valence-electron chi connectivity index (χ2n) is 6.53. The van der Waals surface area contributed by atoms with Crippen LogP contribution in [-0.4, -0.2) is 18.1 Å². The van der Waals surface area contributed by atoms with Gasteiger partial charge in [0.25, 0.3) is 10.1 Å². The van der Waals surface area contributed by atoms with Gasteiger partial charge in [-0.3, -0.25) is 4.55 Å². The summed E-state index contributed by atoms with van der Waals surface area (Å²) in [7, 11) is -4.24. The smallest absolute Gasteiger partial charge is 0.294 e. The maximum atomic E-state index is 11.1. The molecule has 0 saturated carbocycles. The van der Waals surface area contributed by atoms with E-state index >= 15 is 0 Å². The number of hydrogen-bond donors (Lipinski definition) is 2. The first-order chi connectivity index (χ1) is 14.9. The Morgan fingerprint density at radius 3 is 1.61 bits per heavy atom. The van der Waals surface area contributed by atoms with Gasteiger partial charge in [0.2, 0.25) is 0 Å². The molecule has 0 saturated heterocycles. The summed E-state index contributed by atoms with van der Waals surface area (Å²) >= 11 is 0. The van der Waals surface area contributed by atoms with Gasteiger partial charge in [-0.25, -0.2) is 0 Å². The summed E-state index contributed by atoms with van der Waals surface area (Å²) in [6, 6.07) is 23.0. The van der Waals surface area contributed by atoms with Gasteiger partial charge < -0.3 is 5.11 Å². The lowest BCUT2D eigenvalue weighted by Crippen LogP contribution is -1.96. The first kappa shape index (κ1) is 20.3. The van der Waals surface area contributed by atoms with E-state index in [-0.39, 0.29) is 10.6 Å². The van der Waals surface area contributed by atoms with Crippen LogP contribution in [0.1, 0.15) is 0 Å². The monoisotopic (exact) mass is 432 g/mol. The number of aromatic hydroxyl groups is 1. The van der Waals surface area contributed by atoms with Crippen molar-refractivity contribution in [3.8, 4) is 5.75 Å². The largest absolute Gasteiger partial charge is 0.507 e. The minimum absolute atomic E-state index is 0.192. The van der Waals surface area contributed by atoms with Gasteiger partial charge in [0.15, 0.2) is 0 Å². The Balaban J connectivity index is 1.49. The van der Waals surface area contributed by atoms with Crippen molar-refractivity contribution < 1.29 is 18.1 Å². The zero-order valence-electron chi connectivity index (χ0n) is 16.0. The zero-order valence-corrected chi connectivity index (χ0v) is 16.8. The number of benzene rings is 4. The molecule has 0 fully saturated rings. The molecule has 2 N–H and O–H groups in total. The predicted octanol–water partition coefficient (Wildman–Crippen LogP) is 6.62. The van der Waals surface area contributed by atoms with Crippen LogP contribution in [0.15, 0.2) is 110 Å². The van der Waals surface area contributed by atoms with E-state index in [2.05, 4.69) is 20.5 Å². The minimum Gasteiger partial charge on any atom is -0.507 e. The van der Waals surface area contributed by atoms with Crippen molar-refractivity contribution in [1.82, 2.24) is 0 Å². The third-order valence-electron chi connectivity index (χ3n) is 4.42. The van der Waals surface area contributed by atoms with Gasteiger partial charge in [0, 0.05) is 10.8 Å². The zero-order chi connectivity index (χ0) is 21.8. The molecule has 0 radical (unpaired) electrons. The van der Waals surface area contributed by atoms with Crippen LogP contribution in [0.5, 0.6) is 5.75 Å². The van der Waals surface area contributed by atoms with E-state index in [0.717, 1.165) is 5.39 Å². The number of azo groups is 2. The summed E-state index contributed by atoms with van der Waals surface area (Å²) < 4.78 is 31.1. The summed E-state index contributed by atoms with van der Waals surface area (Å²) in [4.78, 5) is -0.206. The number of rotatable bonds is 5. The fourth-order valence-electron chi connectivity index (χ4n) is 2.85. The van der Waals surface area contributed by atoms with Gasteiger partial charge in [-0.2, -0.15) is 23.8 Å². The Morgan fingerprint density at radius 1 is 0.581 bits per heavy atom. The molecule has 0 aliphatic rings. The van der Waals surface area contributed by atoms with E-state index in [1.54, 1.807) is 36.4 Å². The van der Waals surface area contributed by atoms with Gasteiger partial charge in [-0.15, -0.1) is 5.11 Å². The molecule has 8 nitrogen and oxygen atoms in total. The molecule has 0 heterocycles. The van der Waals surface area contributed by atoms with Gasteiger partial charge in [0.05, 0.1) is 27.6 Å². The van der Waals surface area contributed by atoms with Gasteiger partial charge >= 0.3 is 0 Å². The van der Waals surface area contributed by atoms with Crippen LogP contribution in [0.2, 0.25) is 0 Å². The first-order valence-corrected chi connectivity index (χ1v) is 10.6. The molecule has 4 rings (SSSR count). The van der Waals surface area contributed by atoms with Crippen molar-refractivity contribution in [1.29, 1.82) is 0 Å². The summed E-state index contributed by atoms with van der Waals surface area (Å²) in [5.41, 5.74) is 2.28. The fraction of sp³-hybridized carbons (Fsp3) is 0. The molecule has 0 amide bonds. The quantitative estimate of drug-likeness (QED) is 0.271. The predicted molar refractivity (Wildman–Crippen MR) is 117 cm³/mol. The van der Waals surface area contributed by atoms with Crippen LogP contribution in [0.3, 0.4) is 0 Å².